The number of rotatable bonds is 4. The van der Waals surface area contributed by atoms with Crippen molar-refractivity contribution in [2.75, 3.05) is 26.2 Å². The fourth-order valence-corrected chi connectivity index (χ4v) is 2.39. The molecule has 18 heavy (non-hydrogen) atoms. The van der Waals surface area contributed by atoms with Crippen molar-refractivity contribution in [2.45, 2.75) is 26.2 Å². The van der Waals surface area contributed by atoms with Crippen molar-refractivity contribution in [3.63, 3.8) is 0 Å². The lowest BCUT2D eigenvalue weighted by molar-refractivity contribution is 0.183. The fourth-order valence-electron chi connectivity index (χ4n) is 2.39. The quantitative estimate of drug-likeness (QED) is 0.817. The number of nitriles is 1. The van der Waals surface area contributed by atoms with E-state index in [0.29, 0.717) is 12.2 Å². The summed E-state index contributed by atoms with van der Waals surface area (Å²) in [6.45, 7) is 5.97. The minimum atomic E-state index is 0.633. The topological polar surface area (TPSA) is 36.3 Å². The van der Waals surface area contributed by atoms with E-state index < -0.39 is 0 Å². The van der Waals surface area contributed by atoms with Crippen LogP contribution < -0.4 is 4.74 Å². The van der Waals surface area contributed by atoms with E-state index in [1.165, 1.54) is 32.4 Å². The second-order valence-electron chi connectivity index (χ2n) is 4.81. The number of piperidine rings is 1. The molecule has 1 aromatic rings. The number of likely N-dealkylation sites (tertiary alicyclic amines) is 1. The van der Waals surface area contributed by atoms with E-state index in [1.807, 2.05) is 25.1 Å². The van der Waals surface area contributed by atoms with Gasteiger partial charge in [-0.1, -0.05) is 18.6 Å². The Labute approximate surface area is 109 Å². The van der Waals surface area contributed by atoms with Gasteiger partial charge in [-0.05, 0) is 44.5 Å². The summed E-state index contributed by atoms with van der Waals surface area (Å²) >= 11 is 0. The van der Waals surface area contributed by atoms with Crippen LogP contribution >= 0.6 is 0 Å². The average molecular weight is 244 g/mol. The summed E-state index contributed by atoms with van der Waals surface area (Å²) in [7, 11) is 0. The highest BCUT2D eigenvalue weighted by Gasteiger charge is 2.11. The minimum Gasteiger partial charge on any atom is -0.491 e. The van der Waals surface area contributed by atoms with Crippen LogP contribution in [-0.2, 0) is 0 Å². The maximum absolute atomic E-state index is 9.05. The van der Waals surface area contributed by atoms with E-state index in [9.17, 15) is 0 Å². The number of ether oxygens (including phenoxy) is 1. The van der Waals surface area contributed by atoms with Crippen molar-refractivity contribution >= 4 is 0 Å². The lowest BCUT2D eigenvalue weighted by Crippen LogP contribution is -2.33. The molecule has 1 saturated heterocycles. The molecule has 1 fully saturated rings. The van der Waals surface area contributed by atoms with Gasteiger partial charge in [0.2, 0.25) is 0 Å². The third-order valence-corrected chi connectivity index (χ3v) is 3.43. The Morgan fingerprint density at radius 1 is 1.28 bits per heavy atom. The van der Waals surface area contributed by atoms with Gasteiger partial charge in [-0.2, -0.15) is 5.26 Å². The normalized spacial score (nSPS) is 16.2. The first-order valence-corrected chi connectivity index (χ1v) is 6.66. The van der Waals surface area contributed by atoms with Gasteiger partial charge in [0, 0.05) is 6.54 Å². The van der Waals surface area contributed by atoms with Crippen LogP contribution in [0.1, 0.15) is 30.4 Å². The van der Waals surface area contributed by atoms with Crippen LogP contribution in [0.25, 0.3) is 0 Å². The molecule has 3 nitrogen and oxygen atoms in total. The maximum atomic E-state index is 9.05. The van der Waals surface area contributed by atoms with E-state index in [1.54, 1.807) is 0 Å². The molecule has 96 valence electrons. The maximum Gasteiger partial charge on any atom is 0.140 e. The molecule has 1 heterocycles. The lowest BCUT2D eigenvalue weighted by Gasteiger charge is -2.26. The summed E-state index contributed by atoms with van der Waals surface area (Å²) in [5, 5.41) is 9.05. The minimum absolute atomic E-state index is 0.633. The average Bonchev–Trinajstić information content (AvgIpc) is 2.41. The van der Waals surface area contributed by atoms with Crippen LogP contribution in [0, 0.1) is 18.3 Å². The third-order valence-electron chi connectivity index (χ3n) is 3.43. The number of hydrogen-bond acceptors (Lipinski definition) is 3. The largest absolute Gasteiger partial charge is 0.491 e. The molecule has 2 rings (SSSR count). The van der Waals surface area contributed by atoms with E-state index in [0.717, 1.165) is 17.9 Å². The molecular formula is C15H20N2O. The zero-order valence-electron chi connectivity index (χ0n) is 11.0. The Bertz CT molecular complexity index is 431. The monoisotopic (exact) mass is 244 g/mol. The van der Waals surface area contributed by atoms with Crippen molar-refractivity contribution in [1.82, 2.24) is 4.90 Å². The van der Waals surface area contributed by atoms with Crippen molar-refractivity contribution in [3.05, 3.63) is 29.3 Å². The molecule has 0 radical (unpaired) electrons. The highest BCUT2D eigenvalue weighted by atomic mass is 16.5. The Hall–Kier alpha value is -1.53. The van der Waals surface area contributed by atoms with Gasteiger partial charge in [-0.3, -0.25) is 4.90 Å². The van der Waals surface area contributed by atoms with Crippen LogP contribution in [-0.4, -0.2) is 31.1 Å². The molecule has 1 aliphatic heterocycles. The third kappa shape index (κ3) is 3.24. The Morgan fingerprint density at radius 3 is 2.78 bits per heavy atom. The van der Waals surface area contributed by atoms with E-state index >= 15 is 0 Å². The lowest BCUT2D eigenvalue weighted by atomic mass is 10.1. The molecule has 0 aliphatic carbocycles. The second kappa shape index (κ2) is 6.42. The molecule has 1 aliphatic rings. The standard InChI is InChI=1S/C15H20N2O/c1-13-6-5-7-14(12-16)15(13)18-11-10-17-8-3-2-4-9-17/h5-7H,2-4,8-11H2,1H3. The van der Waals surface area contributed by atoms with E-state index in [-0.39, 0.29) is 0 Å². The Kier molecular flexibility index (Phi) is 4.60. The first kappa shape index (κ1) is 12.9. The van der Waals surface area contributed by atoms with Gasteiger partial charge in [0.05, 0.1) is 5.56 Å². The summed E-state index contributed by atoms with van der Waals surface area (Å²) < 4.78 is 5.80. The number of para-hydroxylation sites is 1. The number of benzene rings is 1. The smallest absolute Gasteiger partial charge is 0.140 e. The molecule has 1 aromatic carbocycles. The predicted octanol–water partition coefficient (Wildman–Crippen LogP) is 2.73. The van der Waals surface area contributed by atoms with Crippen molar-refractivity contribution < 1.29 is 4.74 Å². The van der Waals surface area contributed by atoms with Crippen LogP contribution in [0.15, 0.2) is 18.2 Å². The van der Waals surface area contributed by atoms with Crippen LogP contribution in [0.2, 0.25) is 0 Å². The summed E-state index contributed by atoms with van der Waals surface area (Å²) in [6, 6.07) is 7.87. The van der Waals surface area contributed by atoms with Crippen LogP contribution in [0.5, 0.6) is 5.75 Å². The molecule has 0 saturated carbocycles. The highest BCUT2D eigenvalue weighted by molar-refractivity contribution is 5.47. The molecule has 0 spiro atoms. The van der Waals surface area contributed by atoms with Gasteiger partial charge in [-0.25, -0.2) is 0 Å². The zero-order valence-corrected chi connectivity index (χ0v) is 11.0. The van der Waals surface area contributed by atoms with Crippen LogP contribution in [0.4, 0.5) is 0 Å². The van der Waals surface area contributed by atoms with Crippen LogP contribution in [0.3, 0.4) is 0 Å². The number of hydrogen-bond donors (Lipinski definition) is 0. The first-order valence-electron chi connectivity index (χ1n) is 6.66. The van der Waals surface area contributed by atoms with Crippen molar-refractivity contribution in [2.24, 2.45) is 0 Å². The number of nitrogens with zero attached hydrogens (tertiary/aromatic N) is 2. The van der Waals surface area contributed by atoms with Gasteiger partial charge in [0.25, 0.3) is 0 Å². The SMILES string of the molecule is Cc1cccc(C#N)c1OCCN1CCCCC1. The van der Waals surface area contributed by atoms with Gasteiger partial charge >= 0.3 is 0 Å². The summed E-state index contributed by atoms with van der Waals surface area (Å²) in [5.74, 6) is 0.747. The molecule has 0 unspecified atom stereocenters. The molecule has 0 amide bonds. The molecule has 0 bridgehead atoms. The molecule has 3 heteroatoms. The molecule has 0 atom stereocenters. The Balaban J connectivity index is 1.88. The van der Waals surface area contributed by atoms with E-state index in [2.05, 4.69) is 11.0 Å². The summed E-state index contributed by atoms with van der Waals surface area (Å²) in [6.07, 6.45) is 3.95. The van der Waals surface area contributed by atoms with Gasteiger partial charge in [-0.15, -0.1) is 0 Å². The molecular weight excluding hydrogens is 224 g/mol. The highest BCUT2D eigenvalue weighted by Crippen LogP contribution is 2.22. The van der Waals surface area contributed by atoms with E-state index in [4.69, 9.17) is 10.00 Å². The van der Waals surface area contributed by atoms with Crippen molar-refractivity contribution in [1.29, 1.82) is 5.26 Å². The van der Waals surface area contributed by atoms with Gasteiger partial charge in [0.15, 0.2) is 0 Å². The van der Waals surface area contributed by atoms with Crippen molar-refractivity contribution in [3.8, 4) is 11.8 Å². The molecule has 0 aromatic heterocycles. The summed E-state index contributed by atoms with van der Waals surface area (Å²) in [5.41, 5.74) is 1.67. The number of aryl methyl sites for hydroxylation is 1. The summed E-state index contributed by atoms with van der Waals surface area (Å²) in [4.78, 5) is 2.44. The Morgan fingerprint density at radius 2 is 2.06 bits per heavy atom. The van der Waals surface area contributed by atoms with Gasteiger partial charge < -0.3 is 4.74 Å². The zero-order chi connectivity index (χ0) is 12.8. The van der Waals surface area contributed by atoms with Gasteiger partial charge in [0.1, 0.15) is 18.4 Å². The second-order valence-corrected chi connectivity index (χ2v) is 4.81. The predicted molar refractivity (Wildman–Crippen MR) is 71.7 cm³/mol. The fraction of sp³-hybridized carbons (Fsp3) is 0.533. The first-order chi connectivity index (χ1) is 8.81. The molecule has 0 N–H and O–H groups in total.